The Morgan fingerprint density at radius 3 is 2.84 bits per heavy atom. The molecule has 1 aromatic carbocycles. The molecule has 4 rings (SSSR count). The number of halogens is 1. The third-order valence-corrected chi connectivity index (χ3v) is 7.21. The highest BCUT2D eigenvalue weighted by molar-refractivity contribution is 6.35. The van der Waals surface area contributed by atoms with Gasteiger partial charge in [-0.1, -0.05) is 31.4 Å². The van der Waals surface area contributed by atoms with E-state index in [0.717, 1.165) is 55.5 Å². The molecule has 1 saturated carbocycles. The van der Waals surface area contributed by atoms with Gasteiger partial charge in [0.15, 0.2) is 0 Å². The van der Waals surface area contributed by atoms with Gasteiger partial charge in [-0.25, -0.2) is 4.98 Å². The second kappa shape index (κ2) is 8.93. The first-order valence-corrected chi connectivity index (χ1v) is 11.6. The number of nitrogens with one attached hydrogen (secondary N) is 1. The number of carbonyl (C=O) groups is 1. The Bertz CT molecular complexity index is 966. The molecule has 168 valence electrons. The van der Waals surface area contributed by atoms with Crippen molar-refractivity contribution >= 4 is 34.2 Å². The van der Waals surface area contributed by atoms with Crippen LogP contribution in [0.5, 0.6) is 0 Å². The minimum absolute atomic E-state index is 0.244. The minimum Gasteiger partial charge on any atom is -0.388 e. The van der Waals surface area contributed by atoms with Crippen LogP contribution in [0.25, 0.3) is 10.9 Å². The third kappa shape index (κ3) is 4.81. The molecule has 0 radical (unpaired) electrons. The number of hydrogen-bond acceptors (Lipinski definition) is 5. The molecule has 1 aliphatic carbocycles. The zero-order chi connectivity index (χ0) is 22.2. The van der Waals surface area contributed by atoms with Crippen molar-refractivity contribution in [1.82, 2.24) is 15.2 Å². The van der Waals surface area contributed by atoms with Gasteiger partial charge < -0.3 is 20.2 Å². The number of fused-ring (bicyclic) bond motifs is 1. The number of hydrogen-bond donors (Lipinski definition) is 2. The third-order valence-electron chi connectivity index (χ3n) is 6.90. The summed E-state index contributed by atoms with van der Waals surface area (Å²) in [6.45, 7) is 4.31. The number of rotatable bonds is 5. The fraction of sp³-hybridized carbons (Fsp3) is 0.583. The molecule has 31 heavy (non-hydrogen) atoms. The van der Waals surface area contributed by atoms with Crippen LogP contribution >= 0.6 is 11.6 Å². The van der Waals surface area contributed by atoms with Crippen LogP contribution in [0.3, 0.4) is 0 Å². The van der Waals surface area contributed by atoms with Gasteiger partial charge >= 0.3 is 0 Å². The standard InChI is InChI=1S/C24H33ClN4O2/c1-16-5-4-11-24(31,13-16)15-26-23(30)22-18-6-9-21(27-20(18)8-7-19(22)25)29-12-10-17(14-29)28(2)3/h6-9,16-17,31H,4-5,10-15H2,1-3H3,(H,26,30)/t16-,17-,24-/m0/s1. The van der Waals surface area contributed by atoms with Gasteiger partial charge in [0.25, 0.3) is 5.91 Å². The average molecular weight is 445 g/mol. The largest absolute Gasteiger partial charge is 0.388 e. The lowest BCUT2D eigenvalue weighted by Crippen LogP contribution is -2.45. The highest BCUT2D eigenvalue weighted by atomic mass is 35.5. The first kappa shape index (κ1) is 22.3. The lowest BCUT2D eigenvalue weighted by molar-refractivity contribution is -0.0109. The van der Waals surface area contributed by atoms with Crippen molar-refractivity contribution in [2.45, 2.75) is 50.7 Å². The Kier molecular flexibility index (Phi) is 6.42. The van der Waals surface area contributed by atoms with Crippen LogP contribution in [0.2, 0.25) is 5.02 Å². The monoisotopic (exact) mass is 444 g/mol. The topological polar surface area (TPSA) is 68.7 Å². The number of amides is 1. The van der Waals surface area contributed by atoms with Gasteiger partial charge in [0.05, 0.1) is 21.7 Å². The van der Waals surface area contributed by atoms with E-state index < -0.39 is 5.60 Å². The summed E-state index contributed by atoms with van der Waals surface area (Å²) >= 11 is 6.43. The number of benzene rings is 1. The molecule has 3 atom stereocenters. The summed E-state index contributed by atoms with van der Waals surface area (Å²) in [5.74, 6) is 1.14. The molecule has 2 aliphatic rings. The van der Waals surface area contributed by atoms with Gasteiger partial charge in [0.2, 0.25) is 0 Å². The van der Waals surface area contributed by atoms with E-state index in [1.807, 2.05) is 18.2 Å². The lowest BCUT2D eigenvalue weighted by Gasteiger charge is -2.35. The van der Waals surface area contributed by atoms with Crippen molar-refractivity contribution in [3.05, 3.63) is 34.9 Å². The van der Waals surface area contributed by atoms with Crippen LogP contribution in [-0.2, 0) is 0 Å². The van der Waals surface area contributed by atoms with Crippen molar-refractivity contribution < 1.29 is 9.90 Å². The molecule has 0 spiro atoms. The van der Waals surface area contributed by atoms with Gasteiger partial charge in [0.1, 0.15) is 5.82 Å². The molecule has 1 aromatic heterocycles. The van der Waals surface area contributed by atoms with E-state index in [2.05, 4.69) is 36.1 Å². The quantitative estimate of drug-likeness (QED) is 0.735. The van der Waals surface area contributed by atoms with Crippen molar-refractivity contribution in [3.8, 4) is 0 Å². The van der Waals surface area contributed by atoms with Crippen LogP contribution in [-0.4, -0.2) is 66.3 Å². The maximum Gasteiger partial charge on any atom is 0.253 e. The fourth-order valence-corrected chi connectivity index (χ4v) is 5.32. The van der Waals surface area contributed by atoms with E-state index in [0.29, 0.717) is 29.0 Å². The Morgan fingerprint density at radius 1 is 1.32 bits per heavy atom. The Morgan fingerprint density at radius 2 is 2.13 bits per heavy atom. The van der Waals surface area contributed by atoms with Gasteiger partial charge in [-0.2, -0.15) is 0 Å². The molecule has 1 aliphatic heterocycles. The SMILES string of the molecule is C[C@H]1CCC[C@@](O)(CNC(=O)c2c(Cl)ccc3nc(N4CC[C@H](N(C)C)C4)ccc23)C1. The lowest BCUT2D eigenvalue weighted by atomic mass is 9.79. The number of aliphatic hydroxyl groups is 1. The first-order valence-electron chi connectivity index (χ1n) is 11.3. The van der Waals surface area contributed by atoms with Crippen LogP contribution in [0.15, 0.2) is 24.3 Å². The zero-order valence-electron chi connectivity index (χ0n) is 18.7. The Balaban J connectivity index is 1.53. The molecule has 2 aromatic rings. The van der Waals surface area contributed by atoms with E-state index in [9.17, 15) is 9.90 Å². The first-order chi connectivity index (χ1) is 14.8. The average Bonchev–Trinajstić information content (AvgIpc) is 3.22. The van der Waals surface area contributed by atoms with E-state index in [1.165, 1.54) is 0 Å². The summed E-state index contributed by atoms with van der Waals surface area (Å²) in [7, 11) is 4.22. The predicted molar refractivity (Wildman–Crippen MR) is 126 cm³/mol. The van der Waals surface area contributed by atoms with Crippen molar-refractivity contribution in [1.29, 1.82) is 0 Å². The number of carbonyl (C=O) groups excluding carboxylic acids is 1. The van der Waals surface area contributed by atoms with Crippen LogP contribution < -0.4 is 10.2 Å². The zero-order valence-corrected chi connectivity index (χ0v) is 19.5. The smallest absolute Gasteiger partial charge is 0.253 e. The molecule has 2 N–H and O–H groups in total. The second-order valence-corrected chi connectivity index (χ2v) is 10.0. The normalized spacial score (nSPS) is 26.6. The molecule has 2 fully saturated rings. The molecular formula is C24H33ClN4O2. The van der Waals surface area contributed by atoms with E-state index in [1.54, 1.807) is 6.07 Å². The Hall–Kier alpha value is -1.89. The summed E-state index contributed by atoms with van der Waals surface area (Å²) in [6.07, 6.45) is 4.66. The molecule has 6 nitrogen and oxygen atoms in total. The van der Waals surface area contributed by atoms with Crippen molar-refractivity contribution in [2.75, 3.05) is 38.6 Å². The van der Waals surface area contributed by atoms with Gasteiger partial charge in [-0.05, 0) is 63.5 Å². The number of nitrogens with zero attached hydrogens (tertiary/aromatic N) is 3. The summed E-state index contributed by atoms with van der Waals surface area (Å²) in [5.41, 5.74) is 0.345. The van der Waals surface area contributed by atoms with Crippen LogP contribution in [0, 0.1) is 5.92 Å². The summed E-state index contributed by atoms with van der Waals surface area (Å²) in [4.78, 5) is 22.4. The number of anilines is 1. The van der Waals surface area contributed by atoms with Gasteiger partial charge in [-0.15, -0.1) is 0 Å². The minimum atomic E-state index is -0.839. The van der Waals surface area contributed by atoms with Gasteiger partial charge in [0, 0.05) is 31.1 Å². The maximum atomic E-state index is 13.1. The molecule has 0 bridgehead atoms. The fourth-order valence-electron chi connectivity index (χ4n) is 5.07. The number of likely N-dealkylation sites (N-methyl/N-ethyl adjacent to an activating group) is 1. The van der Waals surface area contributed by atoms with Crippen LogP contribution in [0.4, 0.5) is 5.82 Å². The van der Waals surface area contributed by atoms with Gasteiger partial charge in [-0.3, -0.25) is 4.79 Å². The predicted octanol–water partition coefficient (Wildman–Crippen LogP) is 3.70. The molecule has 1 saturated heterocycles. The van der Waals surface area contributed by atoms with Crippen molar-refractivity contribution in [2.24, 2.45) is 5.92 Å². The molecular weight excluding hydrogens is 412 g/mol. The van der Waals surface area contributed by atoms with E-state index in [-0.39, 0.29) is 12.5 Å². The van der Waals surface area contributed by atoms with E-state index in [4.69, 9.17) is 16.6 Å². The number of aromatic nitrogens is 1. The highest BCUT2D eigenvalue weighted by Crippen LogP contribution is 2.32. The number of pyridine rings is 1. The van der Waals surface area contributed by atoms with Crippen molar-refractivity contribution in [3.63, 3.8) is 0 Å². The molecule has 2 heterocycles. The molecule has 1 amide bonds. The Labute approximate surface area is 189 Å². The van der Waals surface area contributed by atoms with E-state index >= 15 is 0 Å². The summed E-state index contributed by atoms with van der Waals surface area (Å²) in [6, 6.07) is 8.05. The summed E-state index contributed by atoms with van der Waals surface area (Å²) in [5, 5.41) is 14.9. The van der Waals surface area contributed by atoms with Crippen LogP contribution in [0.1, 0.15) is 49.4 Å². The second-order valence-electron chi connectivity index (χ2n) is 9.62. The summed E-state index contributed by atoms with van der Waals surface area (Å²) < 4.78 is 0. The molecule has 0 unspecified atom stereocenters. The molecule has 7 heteroatoms. The maximum absolute atomic E-state index is 13.1. The highest BCUT2D eigenvalue weighted by Gasteiger charge is 2.33.